The van der Waals surface area contributed by atoms with Crippen molar-refractivity contribution in [2.24, 2.45) is 0 Å². The molecule has 1 heterocycles. The number of rotatable bonds is 11. The van der Waals surface area contributed by atoms with E-state index in [-0.39, 0.29) is 16.6 Å². The van der Waals surface area contributed by atoms with Crippen LogP contribution in [0.2, 0.25) is 15.1 Å². The van der Waals surface area contributed by atoms with Gasteiger partial charge in [0.1, 0.15) is 5.70 Å². The first-order valence-electron chi connectivity index (χ1n) is 14.3. The molecule has 3 amide bonds. The number of halogens is 3. The molecule has 0 aliphatic carbocycles. The van der Waals surface area contributed by atoms with Crippen LogP contribution in [0.3, 0.4) is 0 Å². The third-order valence-corrected chi connectivity index (χ3v) is 9.92. The minimum Gasteiger partial charge on any atom is -0.321 e. The molecule has 12 heteroatoms. The maximum atomic E-state index is 13.5. The molecule has 0 fully saturated rings. The number of thioether (sulfide) groups is 1. The number of hydrogen-bond donors (Lipinski definition) is 3. The molecule has 5 aromatic rings. The van der Waals surface area contributed by atoms with Crippen molar-refractivity contribution in [3.8, 4) is 11.3 Å². The summed E-state index contributed by atoms with van der Waals surface area (Å²) in [7, 11) is 0. The van der Waals surface area contributed by atoms with Crippen molar-refractivity contribution in [3.63, 3.8) is 0 Å². The van der Waals surface area contributed by atoms with Gasteiger partial charge in [-0.05, 0) is 66.6 Å². The van der Waals surface area contributed by atoms with Gasteiger partial charge in [-0.3, -0.25) is 14.4 Å². The Balaban J connectivity index is 1.29. The van der Waals surface area contributed by atoms with Crippen LogP contribution in [0.4, 0.5) is 10.8 Å². The van der Waals surface area contributed by atoms with Crippen molar-refractivity contribution in [1.29, 1.82) is 0 Å². The number of nitrogens with zero attached hydrogens (tertiary/aromatic N) is 1. The Hall–Kier alpha value is -4.12. The first-order chi connectivity index (χ1) is 22.7. The van der Waals surface area contributed by atoms with Gasteiger partial charge in [0.25, 0.3) is 11.8 Å². The van der Waals surface area contributed by atoms with Gasteiger partial charge in [0, 0.05) is 32.1 Å². The van der Waals surface area contributed by atoms with Crippen LogP contribution in [0.25, 0.3) is 17.3 Å². The highest BCUT2D eigenvalue weighted by atomic mass is 35.5. The molecule has 1 aromatic heterocycles. The molecular formula is C35H27Cl3N4O3S2. The van der Waals surface area contributed by atoms with E-state index >= 15 is 0 Å². The van der Waals surface area contributed by atoms with Gasteiger partial charge in [-0.2, -0.15) is 0 Å². The van der Waals surface area contributed by atoms with Crippen LogP contribution < -0.4 is 16.0 Å². The summed E-state index contributed by atoms with van der Waals surface area (Å²) < 4.78 is 0. The number of thiazole rings is 1. The van der Waals surface area contributed by atoms with Crippen LogP contribution in [-0.4, -0.2) is 28.0 Å². The summed E-state index contributed by atoms with van der Waals surface area (Å²) in [5.41, 5.74) is 2.92. The lowest BCUT2D eigenvalue weighted by Crippen LogP contribution is -2.30. The summed E-state index contributed by atoms with van der Waals surface area (Å²) in [5.74, 6) is -1.22. The second-order valence-electron chi connectivity index (χ2n) is 10.1. The third kappa shape index (κ3) is 9.24. The lowest BCUT2D eigenvalue weighted by atomic mass is 10.1. The van der Waals surface area contributed by atoms with Crippen molar-refractivity contribution in [2.75, 3.05) is 10.6 Å². The summed E-state index contributed by atoms with van der Waals surface area (Å²) in [4.78, 5) is 45.1. The Morgan fingerprint density at radius 1 is 0.894 bits per heavy atom. The second-order valence-corrected chi connectivity index (χ2v) is 13.4. The third-order valence-electron chi connectivity index (χ3n) is 6.72. The Morgan fingerprint density at radius 2 is 1.64 bits per heavy atom. The minimum absolute atomic E-state index is 0.0340. The lowest BCUT2D eigenvalue weighted by molar-refractivity contribution is -0.116. The van der Waals surface area contributed by atoms with Gasteiger partial charge in [-0.15, -0.1) is 23.1 Å². The Kier molecular flexibility index (Phi) is 11.7. The molecule has 5 rings (SSSR count). The highest BCUT2D eigenvalue weighted by molar-refractivity contribution is 8.00. The van der Waals surface area contributed by atoms with E-state index in [0.717, 1.165) is 16.2 Å². The van der Waals surface area contributed by atoms with E-state index in [1.807, 2.05) is 30.5 Å². The van der Waals surface area contributed by atoms with E-state index in [0.29, 0.717) is 38.4 Å². The van der Waals surface area contributed by atoms with Crippen LogP contribution in [-0.2, 0) is 9.59 Å². The molecule has 47 heavy (non-hydrogen) atoms. The van der Waals surface area contributed by atoms with Gasteiger partial charge in [0.15, 0.2) is 5.13 Å². The number of carbonyl (C=O) groups is 3. The van der Waals surface area contributed by atoms with Crippen molar-refractivity contribution >= 4 is 92.5 Å². The molecule has 0 aliphatic heterocycles. The number of nitrogens with one attached hydrogen (secondary N) is 3. The van der Waals surface area contributed by atoms with E-state index in [1.54, 1.807) is 78.9 Å². The number of anilines is 2. The van der Waals surface area contributed by atoms with Gasteiger partial charge < -0.3 is 16.0 Å². The summed E-state index contributed by atoms with van der Waals surface area (Å²) in [6, 6.07) is 28.0. The number of amides is 3. The molecule has 0 aliphatic rings. The van der Waals surface area contributed by atoms with Gasteiger partial charge in [0.2, 0.25) is 5.91 Å². The topological polar surface area (TPSA) is 100 Å². The Bertz CT molecular complexity index is 1930. The van der Waals surface area contributed by atoms with Gasteiger partial charge >= 0.3 is 0 Å². The number of benzene rings is 4. The summed E-state index contributed by atoms with van der Waals surface area (Å²) in [5, 5.41) is 11.6. The van der Waals surface area contributed by atoms with E-state index in [4.69, 9.17) is 34.8 Å². The Morgan fingerprint density at radius 3 is 2.38 bits per heavy atom. The zero-order chi connectivity index (χ0) is 33.3. The maximum absolute atomic E-state index is 13.5. The molecule has 0 radical (unpaired) electrons. The largest absolute Gasteiger partial charge is 0.321 e. The number of aromatic nitrogens is 1. The van der Waals surface area contributed by atoms with E-state index in [2.05, 4.69) is 20.9 Å². The molecule has 1 unspecified atom stereocenters. The summed E-state index contributed by atoms with van der Waals surface area (Å²) in [6.45, 7) is 1.93. The number of carbonyl (C=O) groups excluding carboxylic acids is 3. The minimum atomic E-state index is -0.572. The SMILES string of the molecule is CCC(Sc1cccc(NC(=O)/C(=C\c2cccc(Cl)c2Cl)NC(=O)c2ccccc2)c1)C(=O)Nc1nc(-c2ccc(Cl)cc2)cs1. The van der Waals surface area contributed by atoms with Crippen molar-refractivity contribution in [3.05, 3.63) is 134 Å². The van der Waals surface area contributed by atoms with Crippen LogP contribution in [0.1, 0.15) is 29.3 Å². The zero-order valence-electron chi connectivity index (χ0n) is 24.8. The van der Waals surface area contributed by atoms with Crippen molar-refractivity contribution in [2.45, 2.75) is 23.5 Å². The fraction of sp³-hybridized carbons (Fsp3) is 0.0857. The molecule has 0 bridgehead atoms. The van der Waals surface area contributed by atoms with E-state index in [1.165, 1.54) is 29.2 Å². The molecule has 1 atom stereocenters. The average molecular weight is 722 g/mol. The van der Waals surface area contributed by atoms with E-state index in [9.17, 15) is 14.4 Å². The standard InChI is InChI=1S/C35H27Cl3N4O3S2/c1-2-30(34(45)42-35-41-29(20-46-35)21-14-16-24(36)17-15-21)47-26-12-7-11-25(19-26)39-33(44)28(18-23-10-6-13-27(37)31(23)38)40-32(43)22-8-4-3-5-9-22/h3-20,30H,2H2,1H3,(H,39,44)(H,40,43)(H,41,42,45)/b28-18+. The molecule has 3 N–H and O–H groups in total. The second kappa shape index (κ2) is 16.1. The van der Waals surface area contributed by atoms with Crippen LogP contribution in [0.5, 0.6) is 0 Å². The molecule has 238 valence electrons. The lowest BCUT2D eigenvalue weighted by Gasteiger charge is -2.15. The fourth-order valence-electron chi connectivity index (χ4n) is 4.33. The predicted octanol–water partition coefficient (Wildman–Crippen LogP) is 9.69. The summed E-state index contributed by atoms with van der Waals surface area (Å²) in [6.07, 6.45) is 2.03. The maximum Gasteiger partial charge on any atom is 0.272 e. The molecule has 7 nitrogen and oxygen atoms in total. The monoisotopic (exact) mass is 720 g/mol. The summed E-state index contributed by atoms with van der Waals surface area (Å²) >= 11 is 21.3. The smallest absolute Gasteiger partial charge is 0.272 e. The van der Waals surface area contributed by atoms with Crippen LogP contribution >= 0.6 is 57.9 Å². The predicted molar refractivity (Wildman–Crippen MR) is 195 cm³/mol. The quantitative estimate of drug-likeness (QED) is 0.0932. The molecule has 0 saturated heterocycles. The van der Waals surface area contributed by atoms with Gasteiger partial charge in [-0.1, -0.05) is 90.3 Å². The van der Waals surface area contributed by atoms with Gasteiger partial charge in [-0.25, -0.2) is 4.98 Å². The van der Waals surface area contributed by atoms with Crippen molar-refractivity contribution < 1.29 is 14.4 Å². The highest BCUT2D eigenvalue weighted by Gasteiger charge is 2.21. The molecular weight excluding hydrogens is 695 g/mol. The number of hydrogen-bond acceptors (Lipinski definition) is 6. The van der Waals surface area contributed by atoms with Crippen LogP contribution in [0.15, 0.2) is 113 Å². The van der Waals surface area contributed by atoms with E-state index < -0.39 is 17.1 Å². The normalized spacial score (nSPS) is 11.9. The molecule has 0 saturated carbocycles. The Labute approximate surface area is 295 Å². The molecule has 0 spiro atoms. The first kappa shape index (κ1) is 34.2. The average Bonchev–Trinajstić information content (AvgIpc) is 3.54. The molecule has 4 aromatic carbocycles. The first-order valence-corrected chi connectivity index (χ1v) is 17.2. The highest BCUT2D eigenvalue weighted by Crippen LogP contribution is 2.31. The fourth-order valence-corrected chi connectivity index (χ4v) is 6.56. The van der Waals surface area contributed by atoms with Crippen molar-refractivity contribution in [1.82, 2.24) is 10.3 Å². The van der Waals surface area contributed by atoms with Gasteiger partial charge in [0.05, 0.1) is 21.0 Å². The zero-order valence-corrected chi connectivity index (χ0v) is 28.7. The van der Waals surface area contributed by atoms with Crippen LogP contribution in [0, 0.1) is 0 Å².